The summed E-state index contributed by atoms with van der Waals surface area (Å²) in [5.41, 5.74) is 5.94. The highest BCUT2D eigenvalue weighted by atomic mass is 32.1. The Hall–Kier alpha value is -2.51. The second-order valence-corrected chi connectivity index (χ2v) is 8.01. The Morgan fingerprint density at radius 3 is 3.00 bits per heavy atom. The fourth-order valence-corrected chi connectivity index (χ4v) is 4.70. The van der Waals surface area contributed by atoms with Crippen LogP contribution in [0.25, 0.3) is 21.9 Å². The Balaban J connectivity index is 1.75. The number of fused-ring (bicyclic) bond motifs is 3. The number of methoxy groups -OCH3 is 1. The summed E-state index contributed by atoms with van der Waals surface area (Å²) in [4.78, 5) is 14.1. The Morgan fingerprint density at radius 1 is 1.29 bits per heavy atom. The molecule has 7 heteroatoms. The number of pyridine rings is 1. The van der Waals surface area contributed by atoms with Gasteiger partial charge in [-0.05, 0) is 38.0 Å². The molecule has 0 N–H and O–H groups in total. The van der Waals surface area contributed by atoms with Crippen molar-refractivity contribution in [3.63, 3.8) is 0 Å². The van der Waals surface area contributed by atoms with Gasteiger partial charge >= 0.3 is 0 Å². The second-order valence-electron chi connectivity index (χ2n) is 7.29. The van der Waals surface area contributed by atoms with Crippen molar-refractivity contribution in [2.45, 2.75) is 38.3 Å². The molecule has 1 fully saturated rings. The molecule has 1 saturated heterocycles. The summed E-state index contributed by atoms with van der Waals surface area (Å²) in [6.07, 6.45) is 4.80. The SMILES string of the molecule is COc1ccc2ncc3nc(Cc4cscn4)n([C@@H]4CCO[C@H](C)C4)c3c2c1. The van der Waals surface area contributed by atoms with Crippen molar-refractivity contribution < 1.29 is 9.47 Å². The number of nitrogens with zero attached hydrogens (tertiary/aromatic N) is 4. The molecular weight excluding hydrogens is 372 g/mol. The molecule has 1 aromatic carbocycles. The fraction of sp³-hybridized carbons (Fsp3) is 0.381. The van der Waals surface area contributed by atoms with Gasteiger partial charge in [-0.3, -0.25) is 4.98 Å². The largest absolute Gasteiger partial charge is 0.497 e. The zero-order chi connectivity index (χ0) is 19.1. The lowest BCUT2D eigenvalue weighted by molar-refractivity contribution is 0.00631. The fourth-order valence-electron chi connectivity index (χ4n) is 4.14. The van der Waals surface area contributed by atoms with Crippen LogP contribution >= 0.6 is 11.3 Å². The minimum atomic E-state index is 0.242. The number of rotatable bonds is 4. The smallest absolute Gasteiger partial charge is 0.119 e. The first-order valence-corrected chi connectivity index (χ1v) is 10.5. The van der Waals surface area contributed by atoms with E-state index in [1.807, 2.05) is 23.8 Å². The lowest BCUT2D eigenvalue weighted by Crippen LogP contribution is -2.26. The first-order chi connectivity index (χ1) is 13.7. The van der Waals surface area contributed by atoms with Gasteiger partial charge in [0, 0.05) is 29.8 Å². The number of benzene rings is 1. The average molecular weight is 395 g/mol. The first-order valence-electron chi connectivity index (χ1n) is 9.55. The van der Waals surface area contributed by atoms with E-state index in [-0.39, 0.29) is 6.10 Å². The number of ether oxygens (including phenoxy) is 2. The van der Waals surface area contributed by atoms with Gasteiger partial charge in [0.2, 0.25) is 0 Å². The van der Waals surface area contributed by atoms with Crippen LogP contribution < -0.4 is 4.74 Å². The molecule has 3 aromatic heterocycles. The van der Waals surface area contributed by atoms with Crippen LogP contribution in [0, 0.1) is 0 Å². The van der Waals surface area contributed by atoms with E-state index >= 15 is 0 Å². The molecule has 144 valence electrons. The third kappa shape index (κ3) is 3.04. The van der Waals surface area contributed by atoms with Gasteiger partial charge in [-0.25, -0.2) is 9.97 Å². The molecule has 6 nitrogen and oxygen atoms in total. The van der Waals surface area contributed by atoms with Gasteiger partial charge in [-0.1, -0.05) is 0 Å². The average Bonchev–Trinajstić information content (AvgIpc) is 3.35. The second kappa shape index (κ2) is 7.14. The van der Waals surface area contributed by atoms with E-state index in [4.69, 9.17) is 14.5 Å². The molecule has 0 spiro atoms. The van der Waals surface area contributed by atoms with Crippen LogP contribution in [-0.4, -0.2) is 39.3 Å². The van der Waals surface area contributed by atoms with Gasteiger partial charge < -0.3 is 14.0 Å². The highest BCUT2D eigenvalue weighted by Gasteiger charge is 2.26. The molecule has 5 rings (SSSR count). The Kier molecular flexibility index (Phi) is 4.49. The van der Waals surface area contributed by atoms with Crippen molar-refractivity contribution >= 4 is 33.3 Å². The van der Waals surface area contributed by atoms with Crippen LogP contribution in [0.4, 0.5) is 0 Å². The molecular formula is C21H22N4O2S. The maximum absolute atomic E-state index is 5.81. The standard InChI is InChI=1S/C21H22N4O2S/c1-13-7-15(5-6-27-13)25-20(8-14-11-28-12-23-14)24-19-10-22-18-4-3-16(26-2)9-17(18)21(19)25/h3-4,9-13,15H,5-8H2,1-2H3/t13-,15-/m1/s1. The van der Waals surface area contributed by atoms with Crippen molar-refractivity contribution in [2.24, 2.45) is 0 Å². The summed E-state index contributed by atoms with van der Waals surface area (Å²) >= 11 is 1.62. The van der Waals surface area contributed by atoms with E-state index in [0.717, 1.165) is 65.1 Å². The minimum Gasteiger partial charge on any atom is -0.497 e. The number of hydrogen-bond acceptors (Lipinski definition) is 6. The molecule has 1 aliphatic heterocycles. The summed E-state index contributed by atoms with van der Waals surface area (Å²) in [6, 6.07) is 6.38. The van der Waals surface area contributed by atoms with Crippen molar-refractivity contribution in [2.75, 3.05) is 13.7 Å². The molecule has 0 aliphatic carbocycles. The molecule has 28 heavy (non-hydrogen) atoms. The van der Waals surface area contributed by atoms with Gasteiger partial charge in [-0.2, -0.15) is 0 Å². The van der Waals surface area contributed by atoms with Crippen LogP contribution in [0.1, 0.15) is 37.3 Å². The highest BCUT2D eigenvalue weighted by molar-refractivity contribution is 7.07. The predicted molar refractivity (Wildman–Crippen MR) is 110 cm³/mol. The van der Waals surface area contributed by atoms with Gasteiger partial charge in [0.15, 0.2) is 0 Å². The number of hydrogen-bond donors (Lipinski definition) is 0. The number of thiazole rings is 1. The number of imidazole rings is 1. The monoisotopic (exact) mass is 394 g/mol. The lowest BCUT2D eigenvalue weighted by atomic mass is 10.0. The third-order valence-electron chi connectivity index (χ3n) is 5.44. The summed E-state index contributed by atoms with van der Waals surface area (Å²) in [5, 5.41) is 3.17. The van der Waals surface area contributed by atoms with Crippen molar-refractivity contribution in [3.8, 4) is 5.75 Å². The van der Waals surface area contributed by atoms with Crippen LogP contribution in [0.15, 0.2) is 35.3 Å². The summed E-state index contributed by atoms with van der Waals surface area (Å²) < 4.78 is 13.7. The first kappa shape index (κ1) is 17.6. The predicted octanol–water partition coefficient (Wildman–Crippen LogP) is 4.38. The topological polar surface area (TPSA) is 62.1 Å². The van der Waals surface area contributed by atoms with E-state index < -0.39 is 0 Å². The summed E-state index contributed by atoms with van der Waals surface area (Å²) in [6.45, 7) is 2.92. The van der Waals surface area contributed by atoms with Crippen LogP contribution in [-0.2, 0) is 11.2 Å². The third-order valence-corrected chi connectivity index (χ3v) is 6.08. The summed E-state index contributed by atoms with van der Waals surface area (Å²) in [5.74, 6) is 1.87. The molecule has 0 saturated carbocycles. The van der Waals surface area contributed by atoms with Crippen molar-refractivity contribution in [3.05, 3.63) is 46.8 Å². The van der Waals surface area contributed by atoms with Crippen LogP contribution in [0.3, 0.4) is 0 Å². The molecule has 2 atom stereocenters. The molecule has 1 aliphatic rings. The van der Waals surface area contributed by atoms with E-state index in [0.29, 0.717) is 6.04 Å². The maximum Gasteiger partial charge on any atom is 0.119 e. The minimum absolute atomic E-state index is 0.242. The zero-order valence-corrected chi connectivity index (χ0v) is 16.8. The maximum atomic E-state index is 5.81. The highest BCUT2D eigenvalue weighted by Crippen LogP contribution is 2.35. The quantitative estimate of drug-likeness (QED) is 0.514. The zero-order valence-electron chi connectivity index (χ0n) is 16.0. The molecule has 0 amide bonds. The van der Waals surface area contributed by atoms with E-state index in [2.05, 4.69) is 32.9 Å². The van der Waals surface area contributed by atoms with Gasteiger partial charge in [0.25, 0.3) is 0 Å². The van der Waals surface area contributed by atoms with Crippen molar-refractivity contribution in [1.82, 2.24) is 19.5 Å². The molecule has 0 unspecified atom stereocenters. The number of aromatic nitrogens is 4. The Morgan fingerprint density at radius 2 is 2.21 bits per heavy atom. The van der Waals surface area contributed by atoms with Gasteiger partial charge in [-0.15, -0.1) is 11.3 Å². The van der Waals surface area contributed by atoms with Gasteiger partial charge in [0.1, 0.15) is 17.1 Å². The van der Waals surface area contributed by atoms with Crippen LogP contribution in [0.5, 0.6) is 5.75 Å². The lowest BCUT2D eigenvalue weighted by Gasteiger charge is -2.30. The Labute approximate surface area is 167 Å². The molecule has 0 radical (unpaired) electrons. The van der Waals surface area contributed by atoms with E-state index in [9.17, 15) is 0 Å². The summed E-state index contributed by atoms with van der Waals surface area (Å²) in [7, 11) is 1.69. The van der Waals surface area contributed by atoms with Crippen molar-refractivity contribution in [1.29, 1.82) is 0 Å². The molecule has 0 bridgehead atoms. The normalized spacial score (nSPS) is 20.1. The van der Waals surface area contributed by atoms with Gasteiger partial charge in [0.05, 0.1) is 41.6 Å². The van der Waals surface area contributed by atoms with Crippen LogP contribution in [0.2, 0.25) is 0 Å². The van der Waals surface area contributed by atoms with E-state index in [1.165, 1.54) is 0 Å². The van der Waals surface area contributed by atoms with E-state index in [1.54, 1.807) is 18.4 Å². The Bertz CT molecular complexity index is 1120. The molecule has 4 heterocycles. The molecule has 4 aromatic rings.